The van der Waals surface area contributed by atoms with E-state index in [0.29, 0.717) is 5.91 Å². The van der Waals surface area contributed by atoms with E-state index >= 15 is 0 Å². The number of anilines is 1. The van der Waals surface area contributed by atoms with E-state index in [0.717, 1.165) is 75.7 Å². The van der Waals surface area contributed by atoms with Crippen LogP contribution in [0, 0.1) is 5.92 Å². The van der Waals surface area contributed by atoms with Crippen molar-refractivity contribution in [2.45, 2.75) is 19.4 Å². The molecule has 0 spiro atoms. The van der Waals surface area contributed by atoms with Gasteiger partial charge in [-0.1, -0.05) is 18.2 Å². The molecule has 2 aromatic carbocycles. The smallest absolute Gasteiger partial charge is 0.225 e. The monoisotopic (exact) mass is 423 g/mol. The van der Waals surface area contributed by atoms with Gasteiger partial charge >= 0.3 is 0 Å². The quantitative estimate of drug-likeness (QED) is 0.714. The minimum Gasteiger partial charge on any atom is -0.497 e. The lowest BCUT2D eigenvalue weighted by molar-refractivity contribution is -0.137. The van der Waals surface area contributed by atoms with Gasteiger partial charge in [0.15, 0.2) is 0 Å². The SMILES string of the molecule is COc1ccc(OC)c(CN2CCC(C(=O)N3CCN(c4ccccc4)CC3)CC2)c1. The predicted octanol–water partition coefficient (Wildman–Crippen LogP) is 3.26. The van der Waals surface area contributed by atoms with Crippen molar-refractivity contribution in [3.63, 3.8) is 0 Å². The molecular formula is C25H33N3O3. The van der Waals surface area contributed by atoms with Crippen molar-refractivity contribution in [3.05, 3.63) is 54.1 Å². The maximum atomic E-state index is 13.1. The second kappa shape index (κ2) is 10.1. The lowest BCUT2D eigenvalue weighted by Crippen LogP contribution is -2.51. The molecule has 31 heavy (non-hydrogen) atoms. The number of carbonyl (C=O) groups is 1. The van der Waals surface area contributed by atoms with Gasteiger partial charge in [-0.3, -0.25) is 9.69 Å². The first kappa shape index (κ1) is 21.5. The van der Waals surface area contributed by atoms with Crippen LogP contribution in [-0.4, -0.2) is 69.2 Å². The Morgan fingerprint density at radius 2 is 1.61 bits per heavy atom. The molecule has 0 bridgehead atoms. The molecule has 0 atom stereocenters. The van der Waals surface area contributed by atoms with Gasteiger partial charge in [-0.2, -0.15) is 0 Å². The van der Waals surface area contributed by atoms with Crippen LogP contribution in [0.1, 0.15) is 18.4 Å². The molecule has 4 rings (SSSR count). The summed E-state index contributed by atoms with van der Waals surface area (Å²) in [6.45, 7) is 6.12. The van der Waals surface area contributed by atoms with E-state index < -0.39 is 0 Å². The molecule has 2 aliphatic rings. The Hall–Kier alpha value is -2.73. The fraction of sp³-hybridized carbons (Fsp3) is 0.480. The molecule has 6 nitrogen and oxygen atoms in total. The summed E-state index contributed by atoms with van der Waals surface area (Å²) in [6.07, 6.45) is 1.84. The third-order valence-electron chi connectivity index (χ3n) is 6.53. The summed E-state index contributed by atoms with van der Waals surface area (Å²) in [5.41, 5.74) is 2.37. The second-order valence-corrected chi connectivity index (χ2v) is 8.38. The van der Waals surface area contributed by atoms with Crippen LogP contribution < -0.4 is 14.4 Å². The van der Waals surface area contributed by atoms with Crippen molar-refractivity contribution in [1.29, 1.82) is 0 Å². The van der Waals surface area contributed by atoms with Crippen molar-refractivity contribution >= 4 is 11.6 Å². The number of piperazine rings is 1. The molecule has 0 N–H and O–H groups in total. The fourth-order valence-electron chi connectivity index (χ4n) is 4.67. The summed E-state index contributed by atoms with van der Waals surface area (Å²) in [7, 11) is 3.39. The van der Waals surface area contributed by atoms with Gasteiger partial charge in [-0.15, -0.1) is 0 Å². The summed E-state index contributed by atoms with van der Waals surface area (Å²) in [4.78, 5) is 20.0. The number of carbonyl (C=O) groups excluding carboxylic acids is 1. The highest BCUT2D eigenvalue weighted by atomic mass is 16.5. The van der Waals surface area contributed by atoms with E-state index in [4.69, 9.17) is 9.47 Å². The number of hydrogen-bond donors (Lipinski definition) is 0. The number of ether oxygens (including phenoxy) is 2. The number of para-hydroxylation sites is 1. The highest BCUT2D eigenvalue weighted by Crippen LogP contribution is 2.28. The van der Waals surface area contributed by atoms with Crippen molar-refractivity contribution < 1.29 is 14.3 Å². The van der Waals surface area contributed by atoms with Crippen molar-refractivity contribution in [2.24, 2.45) is 5.92 Å². The van der Waals surface area contributed by atoms with Crippen molar-refractivity contribution in [1.82, 2.24) is 9.80 Å². The number of piperidine rings is 1. The third-order valence-corrected chi connectivity index (χ3v) is 6.53. The number of hydrogen-bond acceptors (Lipinski definition) is 5. The van der Waals surface area contributed by atoms with Crippen LogP contribution in [0.2, 0.25) is 0 Å². The van der Waals surface area contributed by atoms with Crippen LogP contribution in [0.4, 0.5) is 5.69 Å². The van der Waals surface area contributed by atoms with Gasteiger partial charge in [0.05, 0.1) is 14.2 Å². The first-order valence-electron chi connectivity index (χ1n) is 11.2. The van der Waals surface area contributed by atoms with E-state index in [-0.39, 0.29) is 5.92 Å². The molecule has 0 aromatic heterocycles. The minimum atomic E-state index is 0.145. The molecule has 166 valence electrons. The van der Waals surface area contributed by atoms with Gasteiger partial charge in [0.2, 0.25) is 5.91 Å². The zero-order valence-corrected chi connectivity index (χ0v) is 18.6. The van der Waals surface area contributed by atoms with Gasteiger partial charge in [0.1, 0.15) is 11.5 Å². The van der Waals surface area contributed by atoms with Crippen LogP contribution in [0.5, 0.6) is 11.5 Å². The zero-order chi connectivity index (χ0) is 21.6. The highest BCUT2D eigenvalue weighted by Gasteiger charge is 2.30. The molecule has 2 saturated heterocycles. The lowest BCUT2D eigenvalue weighted by Gasteiger charge is -2.39. The number of benzene rings is 2. The number of methoxy groups -OCH3 is 2. The average molecular weight is 424 g/mol. The molecule has 0 aliphatic carbocycles. The summed E-state index contributed by atoms with van der Waals surface area (Å²) in [6, 6.07) is 16.4. The van der Waals surface area contributed by atoms with E-state index in [2.05, 4.69) is 39.0 Å². The second-order valence-electron chi connectivity index (χ2n) is 8.38. The molecule has 2 fully saturated rings. The molecule has 2 heterocycles. The van der Waals surface area contributed by atoms with E-state index in [1.165, 1.54) is 5.69 Å². The lowest BCUT2D eigenvalue weighted by atomic mass is 9.94. The van der Waals surface area contributed by atoms with Gasteiger partial charge in [0, 0.05) is 49.9 Å². The first-order chi connectivity index (χ1) is 15.2. The maximum absolute atomic E-state index is 13.1. The summed E-state index contributed by atoms with van der Waals surface area (Å²) in [5.74, 6) is 2.21. The van der Waals surface area contributed by atoms with Crippen LogP contribution in [0.3, 0.4) is 0 Å². The summed E-state index contributed by atoms with van der Waals surface area (Å²) < 4.78 is 10.9. The average Bonchev–Trinajstić information content (AvgIpc) is 2.84. The Kier molecular flexibility index (Phi) is 6.97. The van der Waals surface area contributed by atoms with Crippen molar-refractivity contribution in [2.75, 3.05) is 58.4 Å². The Balaban J connectivity index is 1.27. The Morgan fingerprint density at radius 3 is 2.26 bits per heavy atom. The topological polar surface area (TPSA) is 45.3 Å². The molecule has 2 aliphatic heterocycles. The Labute approximate surface area is 185 Å². The van der Waals surface area contributed by atoms with Crippen LogP contribution in [-0.2, 0) is 11.3 Å². The van der Waals surface area contributed by atoms with Gasteiger partial charge in [-0.25, -0.2) is 0 Å². The van der Waals surface area contributed by atoms with E-state index in [1.54, 1.807) is 14.2 Å². The predicted molar refractivity (Wildman–Crippen MR) is 123 cm³/mol. The number of nitrogens with zero attached hydrogens (tertiary/aromatic N) is 3. The van der Waals surface area contributed by atoms with Crippen molar-refractivity contribution in [3.8, 4) is 11.5 Å². The van der Waals surface area contributed by atoms with Crippen LogP contribution >= 0.6 is 0 Å². The standard InChI is InChI=1S/C25H33N3O3/c1-30-23-8-9-24(31-2)21(18-23)19-26-12-10-20(11-13-26)25(29)28-16-14-27(15-17-28)22-6-4-3-5-7-22/h3-9,18,20H,10-17,19H2,1-2H3. The van der Waals surface area contributed by atoms with E-state index in [1.807, 2.05) is 24.3 Å². The number of amides is 1. The van der Waals surface area contributed by atoms with Gasteiger partial charge in [-0.05, 0) is 56.3 Å². The largest absolute Gasteiger partial charge is 0.497 e. The van der Waals surface area contributed by atoms with Gasteiger partial charge < -0.3 is 19.3 Å². The van der Waals surface area contributed by atoms with E-state index in [9.17, 15) is 4.79 Å². The molecular weight excluding hydrogens is 390 g/mol. The number of rotatable bonds is 6. The Morgan fingerprint density at radius 1 is 0.903 bits per heavy atom. The highest BCUT2D eigenvalue weighted by molar-refractivity contribution is 5.79. The fourth-order valence-corrected chi connectivity index (χ4v) is 4.67. The minimum absolute atomic E-state index is 0.145. The molecule has 0 unspecified atom stereocenters. The third kappa shape index (κ3) is 5.13. The van der Waals surface area contributed by atoms with Gasteiger partial charge in [0.25, 0.3) is 0 Å². The molecule has 0 saturated carbocycles. The molecule has 0 radical (unpaired) electrons. The summed E-state index contributed by atoms with van der Waals surface area (Å²) in [5, 5.41) is 0. The maximum Gasteiger partial charge on any atom is 0.225 e. The van der Waals surface area contributed by atoms with Crippen LogP contribution in [0.15, 0.2) is 48.5 Å². The zero-order valence-electron chi connectivity index (χ0n) is 18.6. The first-order valence-corrected chi connectivity index (χ1v) is 11.2. The Bertz CT molecular complexity index is 858. The molecule has 1 amide bonds. The number of likely N-dealkylation sites (tertiary alicyclic amines) is 1. The van der Waals surface area contributed by atoms with Crippen LogP contribution in [0.25, 0.3) is 0 Å². The molecule has 2 aromatic rings. The molecule has 6 heteroatoms. The summed E-state index contributed by atoms with van der Waals surface area (Å²) >= 11 is 0. The normalized spacial score (nSPS) is 18.1.